The zero-order chi connectivity index (χ0) is 23.4. The van der Waals surface area contributed by atoms with E-state index in [0.29, 0.717) is 23.6 Å². The van der Waals surface area contributed by atoms with E-state index in [-0.39, 0.29) is 34.2 Å². The van der Waals surface area contributed by atoms with Gasteiger partial charge >= 0.3 is 0 Å². The van der Waals surface area contributed by atoms with Crippen molar-refractivity contribution < 1.29 is 13.6 Å². The second kappa shape index (κ2) is 10.3. The van der Waals surface area contributed by atoms with Crippen molar-refractivity contribution in [3.05, 3.63) is 58.2 Å². The highest BCUT2D eigenvalue weighted by Crippen LogP contribution is 2.35. The fraction of sp³-hybridized carbons (Fsp3) is 0.444. The predicted molar refractivity (Wildman–Crippen MR) is 129 cm³/mol. The number of rotatable bonds is 7. The van der Waals surface area contributed by atoms with Crippen molar-refractivity contribution in [2.24, 2.45) is 0 Å². The van der Waals surface area contributed by atoms with Crippen LogP contribution in [-0.2, 0) is 4.79 Å². The van der Waals surface area contributed by atoms with E-state index in [1.165, 1.54) is 31.8 Å². The van der Waals surface area contributed by atoms with Crippen LogP contribution in [0.2, 0.25) is 0 Å². The zero-order valence-corrected chi connectivity index (χ0v) is 19.7. The van der Waals surface area contributed by atoms with Crippen molar-refractivity contribution >= 4 is 17.7 Å². The highest BCUT2D eigenvalue weighted by Gasteiger charge is 2.22. The Labute approximate surface area is 190 Å². The largest absolute Gasteiger partial charge is 0.382 e. The topological polar surface area (TPSA) is 41.1 Å². The van der Waals surface area contributed by atoms with Gasteiger partial charge in [0, 0.05) is 34.5 Å². The molecular weight excluding hydrogens is 406 g/mol. The van der Waals surface area contributed by atoms with Gasteiger partial charge in [0.1, 0.15) is 11.6 Å². The summed E-state index contributed by atoms with van der Waals surface area (Å²) in [5.41, 5.74) is 2.93. The van der Waals surface area contributed by atoms with E-state index in [2.05, 4.69) is 10.6 Å². The van der Waals surface area contributed by atoms with Gasteiger partial charge in [-0.3, -0.25) is 4.79 Å². The highest BCUT2D eigenvalue weighted by atomic mass is 19.1. The second-order valence-corrected chi connectivity index (χ2v) is 9.02. The maximum absolute atomic E-state index is 15.5. The summed E-state index contributed by atoms with van der Waals surface area (Å²) in [4.78, 5) is 12.4. The molecule has 1 fully saturated rings. The molecule has 0 aliphatic heterocycles. The summed E-state index contributed by atoms with van der Waals surface area (Å²) in [5, 5.41) is 6.34. The first-order chi connectivity index (χ1) is 15.2. The molecule has 1 amide bonds. The minimum absolute atomic E-state index is 0.0321. The molecule has 0 bridgehead atoms. The molecule has 1 aliphatic carbocycles. The molecule has 0 saturated heterocycles. The molecule has 5 heteroatoms. The van der Waals surface area contributed by atoms with Crippen molar-refractivity contribution in [2.45, 2.75) is 78.8 Å². The third kappa shape index (κ3) is 5.20. The fourth-order valence-electron chi connectivity index (χ4n) is 4.36. The van der Waals surface area contributed by atoms with Gasteiger partial charge in [-0.2, -0.15) is 0 Å². The van der Waals surface area contributed by atoms with Crippen molar-refractivity contribution in [1.82, 2.24) is 5.32 Å². The Morgan fingerprint density at radius 1 is 1.06 bits per heavy atom. The van der Waals surface area contributed by atoms with Gasteiger partial charge < -0.3 is 10.6 Å². The minimum atomic E-state index is -0.490. The number of carbonyl (C=O) groups is 1. The molecule has 0 radical (unpaired) electrons. The van der Waals surface area contributed by atoms with E-state index in [1.54, 1.807) is 13.8 Å². The Balaban J connectivity index is 1.96. The summed E-state index contributed by atoms with van der Waals surface area (Å²) in [6.07, 6.45) is 6.75. The number of benzene rings is 2. The average molecular weight is 441 g/mol. The Hall–Kier alpha value is -2.69. The zero-order valence-electron chi connectivity index (χ0n) is 19.7. The van der Waals surface area contributed by atoms with Crippen molar-refractivity contribution in [2.75, 3.05) is 5.32 Å². The molecule has 0 heterocycles. The van der Waals surface area contributed by atoms with Gasteiger partial charge in [0.05, 0.1) is 0 Å². The maximum atomic E-state index is 15.5. The smallest absolute Gasteiger partial charge is 0.247 e. The Morgan fingerprint density at radius 2 is 1.69 bits per heavy atom. The SMILES string of the molecule is CC/C(=C\c1c(C)c(F)c(-c2ccc(NC3CCCC3)cc2)c(C)c1F)C(=O)NC(C)C. The number of carbonyl (C=O) groups excluding carboxylic acids is 1. The first-order valence-electron chi connectivity index (χ1n) is 11.6. The van der Waals surface area contributed by atoms with Crippen LogP contribution in [0.1, 0.15) is 69.6 Å². The van der Waals surface area contributed by atoms with Gasteiger partial charge in [-0.15, -0.1) is 0 Å². The third-order valence-electron chi connectivity index (χ3n) is 6.20. The fourth-order valence-corrected chi connectivity index (χ4v) is 4.36. The Kier molecular flexibility index (Phi) is 7.70. The van der Waals surface area contributed by atoms with Gasteiger partial charge in [0.2, 0.25) is 5.91 Å². The molecule has 2 aromatic carbocycles. The molecule has 3 rings (SSSR count). The average Bonchev–Trinajstić information content (AvgIpc) is 3.26. The standard InChI is InChI=1S/C27H34F2N2O/c1-6-19(27(32)30-16(2)3)15-23-17(4)26(29)24(18(5)25(23)28)20-11-13-22(14-12-20)31-21-9-7-8-10-21/h11-16,21,31H,6-10H2,1-5H3,(H,30,32)/b19-15+. The quantitative estimate of drug-likeness (QED) is 0.459. The van der Waals surface area contributed by atoms with Crippen molar-refractivity contribution in [3.8, 4) is 11.1 Å². The third-order valence-corrected chi connectivity index (χ3v) is 6.20. The normalized spacial score (nSPS) is 14.8. The lowest BCUT2D eigenvalue weighted by atomic mass is 9.92. The van der Waals surface area contributed by atoms with Gasteiger partial charge in [0.15, 0.2) is 0 Å². The maximum Gasteiger partial charge on any atom is 0.247 e. The number of hydrogen-bond donors (Lipinski definition) is 2. The molecular formula is C27H34F2N2O. The van der Waals surface area contributed by atoms with Crippen LogP contribution in [0.5, 0.6) is 0 Å². The summed E-state index contributed by atoms with van der Waals surface area (Å²) in [5.74, 6) is -1.20. The van der Waals surface area contributed by atoms with Crippen LogP contribution >= 0.6 is 0 Å². The highest BCUT2D eigenvalue weighted by molar-refractivity contribution is 5.98. The molecule has 3 nitrogen and oxygen atoms in total. The van der Waals surface area contributed by atoms with Crippen LogP contribution in [0.3, 0.4) is 0 Å². The number of halogens is 2. The Morgan fingerprint density at radius 3 is 2.25 bits per heavy atom. The summed E-state index contributed by atoms with van der Waals surface area (Å²) < 4.78 is 30.9. The lowest BCUT2D eigenvalue weighted by molar-refractivity contribution is -0.118. The molecule has 2 N–H and O–H groups in total. The van der Waals surface area contributed by atoms with E-state index < -0.39 is 11.6 Å². The van der Waals surface area contributed by atoms with Crippen LogP contribution in [0.4, 0.5) is 14.5 Å². The number of hydrogen-bond acceptors (Lipinski definition) is 2. The van der Waals surface area contributed by atoms with Crippen molar-refractivity contribution in [1.29, 1.82) is 0 Å². The first-order valence-corrected chi connectivity index (χ1v) is 11.6. The van der Waals surface area contributed by atoms with E-state index in [1.807, 2.05) is 45.0 Å². The molecule has 0 unspecified atom stereocenters. The van der Waals surface area contributed by atoms with Gasteiger partial charge in [-0.05, 0) is 81.9 Å². The molecule has 1 aliphatic rings. The van der Waals surface area contributed by atoms with Gasteiger partial charge in [-0.25, -0.2) is 8.78 Å². The number of anilines is 1. The molecule has 1 saturated carbocycles. The molecule has 0 atom stereocenters. The van der Waals surface area contributed by atoms with Crippen molar-refractivity contribution in [3.63, 3.8) is 0 Å². The molecule has 2 aromatic rings. The monoisotopic (exact) mass is 440 g/mol. The first kappa shape index (κ1) is 24.0. The lowest BCUT2D eigenvalue weighted by Gasteiger charge is -2.17. The molecule has 172 valence electrons. The summed E-state index contributed by atoms with van der Waals surface area (Å²) in [7, 11) is 0. The van der Waals surface area contributed by atoms with Crippen LogP contribution in [0, 0.1) is 25.5 Å². The lowest BCUT2D eigenvalue weighted by Crippen LogP contribution is -2.31. The van der Waals surface area contributed by atoms with Crippen LogP contribution in [0.25, 0.3) is 17.2 Å². The number of amides is 1. The van der Waals surface area contributed by atoms with E-state index in [0.717, 1.165) is 5.69 Å². The van der Waals surface area contributed by atoms with E-state index in [4.69, 9.17) is 0 Å². The summed E-state index contributed by atoms with van der Waals surface area (Å²) in [6, 6.07) is 7.99. The van der Waals surface area contributed by atoms with Gasteiger partial charge in [0.25, 0.3) is 0 Å². The molecule has 0 aromatic heterocycles. The predicted octanol–water partition coefficient (Wildman–Crippen LogP) is 6.92. The van der Waals surface area contributed by atoms with Gasteiger partial charge in [-0.1, -0.05) is 31.9 Å². The van der Waals surface area contributed by atoms with Crippen LogP contribution in [-0.4, -0.2) is 18.0 Å². The summed E-state index contributed by atoms with van der Waals surface area (Å²) >= 11 is 0. The summed E-state index contributed by atoms with van der Waals surface area (Å²) in [6.45, 7) is 8.72. The number of nitrogens with one attached hydrogen (secondary N) is 2. The second-order valence-electron chi connectivity index (χ2n) is 9.02. The van der Waals surface area contributed by atoms with Crippen LogP contribution in [0.15, 0.2) is 29.8 Å². The Bertz CT molecular complexity index is 974. The van der Waals surface area contributed by atoms with Crippen LogP contribution < -0.4 is 10.6 Å². The molecule has 0 spiro atoms. The van der Waals surface area contributed by atoms with E-state index >= 15 is 8.78 Å². The van der Waals surface area contributed by atoms with E-state index in [9.17, 15) is 4.79 Å². The minimum Gasteiger partial charge on any atom is -0.382 e. The molecule has 32 heavy (non-hydrogen) atoms.